The predicted octanol–water partition coefficient (Wildman–Crippen LogP) is 1.88. The molecule has 1 fully saturated rings. The lowest BCUT2D eigenvalue weighted by Gasteiger charge is -2.14. The third-order valence-electron chi connectivity index (χ3n) is 3.55. The highest BCUT2D eigenvalue weighted by atomic mass is 32.1. The lowest BCUT2D eigenvalue weighted by Crippen LogP contribution is -2.26. The number of rotatable bonds is 4. The van der Waals surface area contributed by atoms with Crippen molar-refractivity contribution in [3.8, 4) is 0 Å². The van der Waals surface area contributed by atoms with Gasteiger partial charge in [-0.05, 0) is 19.4 Å². The molecular formula is C14H16N6OS. The lowest BCUT2D eigenvalue weighted by atomic mass is 10.0. The van der Waals surface area contributed by atoms with Gasteiger partial charge >= 0.3 is 0 Å². The number of nitrogens with zero attached hydrogens (tertiary/aromatic N) is 5. The maximum Gasteiger partial charge on any atom is 0.245 e. The highest BCUT2D eigenvalue weighted by Crippen LogP contribution is 2.28. The van der Waals surface area contributed by atoms with E-state index in [9.17, 15) is 4.79 Å². The zero-order valence-electron chi connectivity index (χ0n) is 12.2. The minimum Gasteiger partial charge on any atom is -0.338 e. The Hall–Kier alpha value is -2.35. The van der Waals surface area contributed by atoms with E-state index in [0.717, 1.165) is 18.7 Å². The zero-order valence-corrected chi connectivity index (χ0v) is 13.0. The Balaban J connectivity index is 1.78. The smallest absolute Gasteiger partial charge is 0.245 e. The average Bonchev–Trinajstić information content (AvgIpc) is 3.17. The second-order valence-electron chi connectivity index (χ2n) is 5.07. The molecule has 0 aromatic carbocycles. The summed E-state index contributed by atoms with van der Waals surface area (Å²) in [6.45, 7) is 6.79. The Labute approximate surface area is 132 Å². The summed E-state index contributed by atoms with van der Waals surface area (Å²) in [5.74, 6) is 1.59. The Kier molecular flexibility index (Phi) is 4.10. The minimum absolute atomic E-state index is 0.0273. The molecule has 2 aromatic rings. The SMILES string of the molecule is C=CC(=O)N1CCC(c2cc(Nc3nncs3)nc(C)n2)C1. The van der Waals surface area contributed by atoms with Gasteiger partial charge in [0.2, 0.25) is 11.0 Å². The van der Waals surface area contributed by atoms with Crippen LogP contribution in [-0.2, 0) is 4.79 Å². The number of aryl methyl sites for hydroxylation is 1. The first kappa shape index (κ1) is 14.6. The van der Waals surface area contributed by atoms with Crippen molar-refractivity contribution >= 4 is 28.2 Å². The first-order chi connectivity index (χ1) is 10.7. The van der Waals surface area contributed by atoms with Crippen LogP contribution in [0.25, 0.3) is 0 Å². The van der Waals surface area contributed by atoms with Gasteiger partial charge in [-0.25, -0.2) is 9.97 Å². The molecule has 1 aliphatic rings. The van der Waals surface area contributed by atoms with Crippen LogP contribution < -0.4 is 5.32 Å². The zero-order chi connectivity index (χ0) is 15.5. The monoisotopic (exact) mass is 316 g/mol. The molecule has 3 rings (SSSR count). The van der Waals surface area contributed by atoms with Crippen LogP contribution in [0.5, 0.6) is 0 Å². The largest absolute Gasteiger partial charge is 0.338 e. The fourth-order valence-corrected chi connectivity index (χ4v) is 2.98. The fourth-order valence-electron chi connectivity index (χ4n) is 2.53. The summed E-state index contributed by atoms with van der Waals surface area (Å²) >= 11 is 1.41. The molecule has 2 aromatic heterocycles. The van der Waals surface area contributed by atoms with Crippen molar-refractivity contribution < 1.29 is 4.79 Å². The van der Waals surface area contributed by atoms with Gasteiger partial charge in [-0.1, -0.05) is 17.9 Å². The summed E-state index contributed by atoms with van der Waals surface area (Å²) in [5.41, 5.74) is 2.60. The summed E-state index contributed by atoms with van der Waals surface area (Å²) in [6, 6.07) is 1.92. The number of carbonyl (C=O) groups excluding carboxylic acids is 1. The molecule has 1 amide bonds. The van der Waals surface area contributed by atoms with Crippen LogP contribution in [0.4, 0.5) is 10.9 Å². The fraction of sp³-hybridized carbons (Fsp3) is 0.357. The third kappa shape index (κ3) is 3.11. The molecular weight excluding hydrogens is 300 g/mol. The summed E-state index contributed by atoms with van der Waals surface area (Å²) in [7, 11) is 0. The van der Waals surface area contributed by atoms with E-state index in [1.165, 1.54) is 17.4 Å². The van der Waals surface area contributed by atoms with E-state index in [4.69, 9.17) is 0 Å². The topological polar surface area (TPSA) is 83.9 Å². The number of likely N-dealkylation sites (tertiary alicyclic amines) is 1. The predicted molar refractivity (Wildman–Crippen MR) is 84.1 cm³/mol. The van der Waals surface area contributed by atoms with E-state index in [0.29, 0.717) is 23.3 Å². The highest BCUT2D eigenvalue weighted by molar-refractivity contribution is 7.13. The van der Waals surface area contributed by atoms with Gasteiger partial charge < -0.3 is 10.2 Å². The third-order valence-corrected chi connectivity index (χ3v) is 4.15. The molecule has 0 saturated carbocycles. The molecule has 0 bridgehead atoms. The average molecular weight is 316 g/mol. The van der Waals surface area contributed by atoms with Gasteiger partial charge in [-0.15, -0.1) is 10.2 Å². The molecule has 22 heavy (non-hydrogen) atoms. The molecule has 1 unspecified atom stereocenters. The molecule has 1 aliphatic heterocycles. The second-order valence-corrected chi connectivity index (χ2v) is 5.90. The Morgan fingerprint density at radius 3 is 3.14 bits per heavy atom. The van der Waals surface area contributed by atoms with Crippen LogP contribution in [-0.4, -0.2) is 44.1 Å². The van der Waals surface area contributed by atoms with Crippen molar-refractivity contribution in [2.24, 2.45) is 0 Å². The van der Waals surface area contributed by atoms with Crippen LogP contribution in [0.1, 0.15) is 23.9 Å². The molecule has 1 N–H and O–H groups in total. The van der Waals surface area contributed by atoms with E-state index >= 15 is 0 Å². The number of aromatic nitrogens is 4. The summed E-state index contributed by atoms with van der Waals surface area (Å²) in [6.07, 6.45) is 2.25. The van der Waals surface area contributed by atoms with Gasteiger partial charge in [-0.2, -0.15) is 0 Å². The second kappa shape index (κ2) is 6.18. The number of carbonyl (C=O) groups is 1. The normalized spacial score (nSPS) is 17.5. The van der Waals surface area contributed by atoms with Crippen molar-refractivity contribution in [2.75, 3.05) is 18.4 Å². The van der Waals surface area contributed by atoms with E-state index < -0.39 is 0 Å². The van der Waals surface area contributed by atoms with Gasteiger partial charge in [0.05, 0.1) is 5.69 Å². The number of anilines is 2. The van der Waals surface area contributed by atoms with Gasteiger partial charge in [0.1, 0.15) is 17.2 Å². The first-order valence-corrected chi connectivity index (χ1v) is 7.84. The molecule has 1 atom stereocenters. The molecule has 7 nitrogen and oxygen atoms in total. The van der Waals surface area contributed by atoms with Crippen LogP contribution in [0.15, 0.2) is 24.2 Å². The summed E-state index contributed by atoms with van der Waals surface area (Å²) in [4.78, 5) is 22.4. The Morgan fingerprint density at radius 2 is 2.41 bits per heavy atom. The lowest BCUT2D eigenvalue weighted by molar-refractivity contribution is -0.125. The van der Waals surface area contributed by atoms with E-state index in [2.05, 4.69) is 32.1 Å². The number of hydrogen-bond donors (Lipinski definition) is 1. The number of amides is 1. The molecule has 0 radical (unpaired) electrons. The van der Waals surface area contributed by atoms with Crippen molar-refractivity contribution in [1.29, 1.82) is 0 Å². The number of nitrogens with one attached hydrogen (secondary N) is 1. The Morgan fingerprint density at radius 1 is 1.55 bits per heavy atom. The number of hydrogen-bond acceptors (Lipinski definition) is 7. The maximum atomic E-state index is 11.7. The van der Waals surface area contributed by atoms with Crippen LogP contribution >= 0.6 is 11.3 Å². The molecule has 1 saturated heterocycles. The maximum absolute atomic E-state index is 11.7. The van der Waals surface area contributed by atoms with Gasteiger partial charge in [-0.3, -0.25) is 4.79 Å². The van der Waals surface area contributed by atoms with Crippen molar-refractivity contribution in [3.05, 3.63) is 35.8 Å². The molecule has 8 heteroatoms. The van der Waals surface area contributed by atoms with Crippen molar-refractivity contribution in [2.45, 2.75) is 19.3 Å². The van der Waals surface area contributed by atoms with Gasteiger partial charge in [0.25, 0.3) is 0 Å². The molecule has 114 valence electrons. The van der Waals surface area contributed by atoms with Gasteiger partial charge in [0, 0.05) is 25.1 Å². The molecule has 0 aliphatic carbocycles. The van der Waals surface area contributed by atoms with Crippen LogP contribution in [0.2, 0.25) is 0 Å². The molecule has 3 heterocycles. The summed E-state index contributed by atoms with van der Waals surface area (Å²) < 4.78 is 0. The van der Waals surface area contributed by atoms with E-state index in [-0.39, 0.29) is 11.8 Å². The van der Waals surface area contributed by atoms with E-state index in [1.54, 1.807) is 10.4 Å². The van der Waals surface area contributed by atoms with E-state index in [1.807, 2.05) is 13.0 Å². The highest BCUT2D eigenvalue weighted by Gasteiger charge is 2.27. The van der Waals surface area contributed by atoms with Crippen LogP contribution in [0.3, 0.4) is 0 Å². The first-order valence-electron chi connectivity index (χ1n) is 6.96. The quantitative estimate of drug-likeness (QED) is 0.867. The van der Waals surface area contributed by atoms with Crippen molar-refractivity contribution in [1.82, 2.24) is 25.1 Å². The minimum atomic E-state index is -0.0273. The molecule has 0 spiro atoms. The summed E-state index contributed by atoms with van der Waals surface area (Å²) in [5, 5.41) is 11.6. The van der Waals surface area contributed by atoms with Crippen LogP contribution in [0, 0.1) is 6.92 Å². The van der Waals surface area contributed by atoms with Gasteiger partial charge in [0.15, 0.2) is 0 Å². The Bertz CT molecular complexity index is 687. The van der Waals surface area contributed by atoms with Crippen molar-refractivity contribution in [3.63, 3.8) is 0 Å². The standard InChI is InChI=1S/C14H16N6OS/c1-3-13(21)20-5-4-10(7-20)11-6-12(17-9(2)16-11)18-14-19-15-8-22-14/h3,6,8,10H,1,4-5,7H2,2H3,(H,16,17,18,19).